The van der Waals surface area contributed by atoms with Gasteiger partial charge in [-0.2, -0.15) is 0 Å². The van der Waals surface area contributed by atoms with Crippen LogP contribution in [-0.4, -0.2) is 18.5 Å². The Morgan fingerprint density at radius 1 is 1.11 bits per heavy atom. The molecule has 0 radical (unpaired) electrons. The Labute approximate surface area is 164 Å². The summed E-state index contributed by atoms with van der Waals surface area (Å²) in [6.07, 6.45) is 4.68. The van der Waals surface area contributed by atoms with Gasteiger partial charge < -0.3 is 9.47 Å². The number of fused-ring (bicyclic) bond motifs is 2. The first-order valence-corrected chi connectivity index (χ1v) is 10.8. The monoisotopic (exact) mass is 372 g/mol. The molecule has 0 N–H and O–H groups in total. The molecule has 1 spiro atoms. The number of ether oxygens (including phenoxy) is 2. The minimum Gasteiger partial charge on any atom is -0.500 e. The molecule has 3 nitrogen and oxygen atoms in total. The maximum Gasteiger partial charge on any atom is 0.175 e. The zero-order valence-corrected chi connectivity index (χ0v) is 18.4. The highest BCUT2D eigenvalue weighted by atomic mass is 16.5. The second-order valence-electron chi connectivity index (χ2n) is 10.7. The van der Waals surface area contributed by atoms with Crippen LogP contribution in [0.5, 0.6) is 0 Å². The van der Waals surface area contributed by atoms with E-state index in [-0.39, 0.29) is 17.3 Å². The molecule has 0 amide bonds. The van der Waals surface area contributed by atoms with Gasteiger partial charge in [0.25, 0.3) is 0 Å². The SMILES string of the molecule is COC1=C(C)C2=C(C(=O)C1(C)C)[C@@H](C(C)C)C[C@]1(CC[C@]3(C(C)C)C[C@H]13)O2. The zero-order valence-electron chi connectivity index (χ0n) is 18.4. The molecule has 150 valence electrons. The lowest BCUT2D eigenvalue weighted by atomic mass is 9.65. The van der Waals surface area contributed by atoms with Crippen LogP contribution in [0.25, 0.3) is 0 Å². The minimum atomic E-state index is -0.615. The van der Waals surface area contributed by atoms with Crippen molar-refractivity contribution < 1.29 is 14.3 Å². The van der Waals surface area contributed by atoms with Gasteiger partial charge in [0.2, 0.25) is 0 Å². The number of hydrogen-bond donors (Lipinski definition) is 0. The smallest absolute Gasteiger partial charge is 0.175 e. The predicted octanol–water partition coefficient (Wildman–Crippen LogP) is 5.66. The van der Waals surface area contributed by atoms with Gasteiger partial charge in [0.15, 0.2) is 5.78 Å². The van der Waals surface area contributed by atoms with Crippen LogP contribution in [0.15, 0.2) is 22.7 Å². The summed E-state index contributed by atoms with van der Waals surface area (Å²) in [6.45, 7) is 15.3. The van der Waals surface area contributed by atoms with E-state index < -0.39 is 5.41 Å². The van der Waals surface area contributed by atoms with Crippen LogP contribution in [-0.2, 0) is 14.3 Å². The topological polar surface area (TPSA) is 35.5 Å². The van der Waals surface area contributed by atoms with E-state index in [9.17, 15) is 4.79 Å². The van der Waals surface area contributed by atoms with Gasteiger partial charge >= 0.3 is 0 Å². The molecule has 0 aromatic heterocycles. The van der Waals surface area contributed by atoms with E-state index in [0.29, 0.717) is 23.2 Å². The number of methoxy groups -OCH3 is 1. The number of hydrogen-bond acceptors (Lipinski definition) is 3. The molecular formula is C24H36O3. The second kappa shape index (κ2) is 5.64. The van der Waals surface area contributed by atoms with E-state index in [1.807, 2.05) is 13.8 Å². The molecule has 0 aromatic carbocycles. The van der Waals surface area contributed by atoms with Gasteiger partial charge in [0, 0.05) is 17.1 Å². The Morgan fingerprint density at radius 2 is 1.78 bits per heavy atom. The van der Waals surface area contributed by atoms with Gasteiger partial charge in [-0.3, -0.25) is 4.79 Å². The van der Waals surface area contributed by atoms with Crippen LogP contribution >= 0.6 is 0 Å². The number of carbonyl (C=O) groups is 1. The van der Waals surface area contributed by atoms with Crippen LogP contribution in [0.1, 0.15) is 74.1 Å². The largest absolute Gasteiger partial charge is 0.500 e. The van der Waals surface area contributed by atoms with E-state index in [1.54, 1.807) is 7.11 Å². The normalized spacial score (nSPS) is 39.9. The number of rotatable bonds is 3. The van der Waals surface area contributed by atoms with Crippen LogP contribution in [0.3, 0.4) is 0 Å². The van der Waals surface area contributed by atoms with Gasteiger partial charge in [-0.1, -0.05) is 27.7 Å². The third-order valence-electron chi connectivity index (χ3n) is 8.47. The lowest BCUT2D eigenvalue weighted by Crippen LogP contribution is -2.47. The summed E-state index contributed by atoms with van der Waals surface area (Å²) in [6, 6.07) is 0. The average Bonchev–Trinajstić information content (AvgIpc) is 3.28. The molecule has 0 aromatic rings. The van der Waals surface area contributed by atoms with Crippen molar-refractivity contribution in [3.8, 4) is 0 Å². The molecule has 4 atom stereocenters. The molecule has 4 aliphatic rings. The average molecular weight is 373 g/mol. The number of carbonyl (C=O) groups excluding carboxylic acids is 1. The first-order chi connectivity index (χ1) is 12.5. The van der Waals surface area contributed by atoms with Gasteiger partial charge in [0.1, 0.15) is 17.1 Å². The molecule has 3 heteroatoms. The first-order valence-electron chi connectivity index (χ1n) is 10.8. The summed E-state index contributed by atoms with van der Waals surface area (Å²) in [5.74, 6) is 3.87. The molecule has 1 heterocycles. The van der Waals surface area contributed by atoms with E-state index >= 15 is 0 Å². The summed E-state index contributed by atoms with van der Waals surface area (Å²) in [5.41, 5.74) is 1.74. The minimum absolute atomic E-state index is 0.0834. The van der Waals surface area contributed by atoms with Gasteiger partial charge in [-0.25, -0.2) is 0 Å². The summed E-state index contributed by atoms with van der Waals surface area (Å²) in [4.78, 5) is 13.5. The Hall–Kier alpha value is -1.25. The third-order valence-corrected chi connectivity index (χ3v) is 8.47. The Kier molecular flexibility index (Phi) is 3.99. The maximum atomic E-state index is 13.5. The first kappa shape index (κ1) is 19.1. The van der Waals surface area contributed by atoms with E-state index in [4.69, 9.17) is 9.47 Å². The van der Waals surface area contributed by atoms with Gasteiger partial charge in [0.05, 0.1) is 12.5 Å². The Balaban J connectivity index is 1.83. The molecule has 27 heavy (non-hydrogen) atoms. The summed E-state index contributed by atoms with van der Waals surface area (Å²) < 4.78 is 12.6. The fraction of sp³-hybridized carbons (Fsp3) is 0.792. The van der Waals surface area contributed by atoms with Crippen LogP contribution in [0, 0.1) is 34.5 Å². The zero-order chi connectivity index (χ0) is 19.9. The molecule has 0 unspecified atom stereocenters. The molecule has 0 bridgehead atoms. The Morgan fingerprint density at radius 3 is 2.26 bits per heavy atom. The number of allylic oxidation sites excluding steroid dienone is 3. The van der Waals surface area contributed by atoms with E-state index in [2.05, 4.69) is 34.6 Å². The standard InChI is InChI=1S/C24H36O3/c1-13(2)16-11-24(10-9-23(14(3)4)12-17(23)24)27-19-15(5)21(26-8)22(6,7)20(25)18(16)19/h13-14,16-17H,9-12H2,1-8H3/t16-,17+,23-,24+/m1/s1. The number of Topliss-reactive ketones (excluding diaryl/α,β-unsaturated/α-hetero) is 1. The van der Waals surface area contributed by atoms with Crippen LogP contribution in [0.4, 0.5) is 0 Å². The summed E-state index contributed by atoms with van der Waals surface area (Å²) in [5, 5.41) is 0. The molecule has 1 aliphatic heterocycles. The molecule has 0 saturated heterocycles. The maximum absolute atomic E-state index is 13.5. The lowest BCUT2D eigenvalue weighted by Gasteiger charge is -2.47. The summed E-state index contributed by atoms with van der Waals surface area (Å²) in [7, 11) is 1.68. The fourth-order valence-corrected chi connectivity index (χ4v) is 6.70. The summed E-state index contributed by atoms with van der Waals surface area (Å²) >= 11 is 0. The molecule has 2 fully saturated rings. The molecule has 4 rings (SSSR count). The van der Waals surface area contributed by atoms with Crippen molar-refractivity contribution in [3.63, 3.8) is 0 Å². The van der Waals surface area contributed by atoms with Crippen molar-refractivity contribution in [2.45, 2.75) is 79.8 Å². The van der Waals surface area contributed by atoms with Crippen molar-refractivity contribution in [2.24, 2.45) is 34.5 Å². The third kappa shape index (κ3) is 2.29. The highest BCUT2D eigenvalue weighted by Crippen LogP contribution is 2.74. The lowest BCUT2D eigenvalue weighted by molar-refractivity contribution is -0.127. The van der Waals surface area contributed by atoms with Gasteiger partial charge in [-0.05, 0) is 69.6 Å². The van der Waals surface area contributed by atoms with E-state index in [0.717, 1.165) is 35.5 Å². The van der Waals surface area contributed by atoms with E-state index in [1.165, 1.54) is 12.8 Å². The van der Waals surface area contributed by atoms with Crippen LogP contribution < -0.4 is 0 Å². The van der Waals surface area contributed by atoms with Crippen molar-refractivity contribution in [1.82, 2.24) is 0 Å². The Bertz CT molecular complexity index is 754. The predicted molar refractivity (Wildman–Crippen MR) is 107 cm³/mol. The fourth-order valence-electron chi connectivity index (χ4n) is 6.70. The molecular weight excluding hydrogens is 336 g/mol. The quantitative estimate of drug-likeness (QED) is 0.641. The second-order valence-corrected chi connectivity index (χ2v) is 10.7. The highest BCUT2D eigenvalue weighted by molar-refractivity contribution is 6.04. The van der Waals surface area contributed by atoms with Crippen LogP contribution in [0.2, 0.25) is 0 Å². The molecule has 2 saturated carbocycles. The van der Waals surface area contributed by atoms with Crippen molar-refractivity contribution in [1.29, 1.82) is 0 Å². The van der Waals surface area contributed by atoms with Gasteiger partial charge in [-0.15, -0.1) is 0 Å². The van der Waals surface area contributed by atoms with Crippen molar-refractivity contribution in [2.75, 3.05) is 7.11 Å². The highest BCUT2D eigenvalue weighted by Gasteiger charge is 2.72. The molecule has 3 aliphatic carbocycles. The van der Waals surface area contributed by atoms with Crippen molar-refractivity contribution in [3.05, 3.63) is 22.7 Å². The number of ketones is 1. The van der Waals surface area contributed by atoms with Crippen molar-refractivity contribution >= 4 is 5.78 Å².